The summed E-state index contributed by atoms with van der Waals surface area (Å²) in [5.74, 6) is 0.644. The molecule has 2 amide bonds. The fourth-order valence-electron chi connectivity index (χ4n) is 2.52. The van der Waals surface area contributed by atoms with Crippen molar-refractivity contribution in [2.45, 2.75) is 6.54 Å². The van der Waals surface area contributed by atoms with E-state index in [0.29, 0.717) is 43.4 Å². The molecule has 8 nitrogen and oxygen atoms in total. The number of nitrogens with one attached hydrogen (secondary N) is 2. The van der Waals surface area contributed by atoms with Gasteiger partial charge in [0.1, 0.15) is 11.6 Å². The minimum Gasteiger partial charge on any atom is -0.467 e. The molecule has 0 bridgehead atoms. The van der Waals surface area contributed by atoms with Crippen molar-refractivity contribution in [3.05, 3.63) is 48.0 Å². The highest BCUT2D eigenvalue weighted by Gasteiger charge is 2.20. The van der Waals surface area contributed by atoms with Gasteiger partial charge in [-0.25, -0.2) is 4.98 Å². The Kier molecular flexibility index (Phi) is 5.63. The summed E-state index contributed by atoms with van der Waals surface area (Å²) < 4.78 is 10.5. The van der Waals surface area contributed by atoms with Gasteiger partial charge < -0.3 is 24.7 Å². The number of carbonyl (C=O) groups is 2. The largest absolute Gasteiger partial charge is 0.467 e. The highest BCUT2D eigenvalue weighted by Crippen LogP contribution is 2.18. The van der Waals surface area contributed by atoms with Crippen molar-refractivity contribution in [2.75, 3.05) is 37.7 Å². The molecule has 25 heavy (non-hydrogen) atoms. The second-order valence-corrected chi connectivity index (χ2v) is 5.51. The van der Waals surface area contributed by atoms with Crippen LogP contribution in [0.5, 0.6) is 0 Å². The molecule has 1 aliphatic rings. The van der Waals surface area contributed by atoms with Crippen molar-refractivity contribution in [3.63, 3.8) is 0 Å². The van der Waals surface area contributed by atoms with Gasteiger partial charge in [-0.15, -0.1) is 0 Å². The lowest BCUT2D eigenvalue weighted by molar-refractivity contribution is -0.120. The van der Waals surface area contributed by atoms with Gasteiger partial charge in [-0.3, -0.25) is 9.59 Å². The molecule has 8 heteroatoms. The summed E-state index contributed by atoms with van der Waals surface area (Å²) in [6, 6.07) is 6.92. The molecule has 0 unspecified atom stereocenters. The first kappa shape index (κ1) is 17.0. The van der Waals surface area contributed by atoms with Crippen LogP contribution >= 0.6 is 0 Å². The fourth-order valence-corrected chi connectivity index (χ4v) is 2.52. The monoisotopic (exact) mass is 344 g/mol. The molecule has 132 valence electrons. The maximum Gasteiger partial charge on any atom is 0.255 e. The average molecular weight is 344 g/mol. The summed E-state index contributed by atoms with van der Waals surface area (Å²) in [5, 5.41) is 5.31. The van der Waals surface area contributed by atoms with Crippen molar-refractivity contribution in [1.29, 1.82) is 0 Å². The number of morpholine rings is 1. The highest BCUT2D eigenvalue weighted by atomic mass is 16.5. The van der Waals surface area contributed by atoms with Crippen molar-refractivity contribution in [2.24, 2.45) is 0 Å². The van der Waals surface area contributed by atoms with Gasteiger partial charge in [-0.05, 0) is 24.3 Å². The molecule has 0 aromatic carbocycles. The summed E-state index contributed by atoms with van der Waals surface area (Å²) >= 11 is 0. The van der Waals surface area contributed by atoms with E-state index in [4.69, 9.17) is 9.15 Å². The molecule has 2 N–H and O–H groups in total. The summed E-state index contributed by atoms with van der Waals surface area (Å²) in [7, 11) is 0. The summed E-state index contributed by atoms with van der Waals surface area (Å²) in [6.45, 7) is 2.74. The number of hydrogen-bond donors (Lipinski definition) is 2. The van der Waals surface area contributed by atoms with Crippen molar-refractivity contribution >= 4 is 17.6 Å². The van der Waals surface area contributed by atoms with Crippen LogP contribution in [0.2, 0.25) is 0 Å². The van der Waals surface area contributed by atoms with E-state index >= 15 is 0 Å². The summed E-state index contributed by atoms with van der Waals surface area (Å²) in [5.41, 5.74) is 0.447. The second-order valence-electron chi connectivity index (χ2n) is 5.51. The lowest BCUT2D eigenvalue weighted by Crippen LogP contribution is -2.40. The lowest BCUT2D eigenvalue weighted by Gasteiger charge is -2.29. The number of amides is 2. The Morgan fingerprint density at radius 2 is 2.00 bits per heavy atom. The van der Waals surface area contributed by atoms with Crippen LogP contribution in [-0.2, 0) is 16.1 Å². The van der Waals surface area contributed by atoms with Crippen LogP contribution in [0.1, 0.15) is 16.1 Å². The minimum atomic E-state index is -0.331. The van der Waals surface area contributed by atoms with Crippen LogP contribution in [0, 0.1) is 0 Å². The zero-order chi connectivity index (χ0) is 17.5. The van der Waals surface area contributed by atoms with E-state index in [1.54, 1.807) is 36.7 Å². The second kappa shape index (κ2) is 8.29. The molecule has 0 atom stereocenters. The van der Waals surface area contributed by atoms with E-state index in [2.05, 4.69) is 15.6 Å². The average Bonchev–Trinajstić information content (AvgIpc) is 3.19. The number of pyridine rings is 1. The molecule has 3 rings (SSSR count). The minimum absolute atomic E-state index is 0.114. The van der Waals surface area contributed by atoms with Crippen LogP contribution in [-0.4, -0.2) is 49.6 Å². The SMILES string of the molecule is O=C(CNC(=O)c1cccnc1N1CCOCC1)NCc1ccco1. The van der Waals surface area contributed by atoms with Crippen molar-refractivity contribution in [1.82, 2.24) is 15.6 Å². The Bertz CT molecular complexity index is 711. The normalized spacial score (nSPS) is 14.2. The number of furan rings is 1. The fraction of sp³-hybridized carbons (Fsp3) is 0.353. The lowest BCUT2D eigenvalue weighted by atomic mass is 10.2. The van der Waals surface area contributed by atoms with Crippen LogP contribution < -0.4 is 15.5 Å². The van der Waals surface area contributed by atoms with E-state index < -0.39 is 0 Å². The number of nitrogens with zero attached hydrogens (tertiary/aromatic N) is 2. The molecule has 1 aliphatic heterocycles. The maximum absolute atomic E-state index is 12.4. The van der Waals surface area contributed by atoms with Crippen LogP contribution in [0.4, 0.5) is 5.82 Å². The van der Waals surface area contributed by atoms with E-state index in [1.165, 1.54) is 0 Å². The predicted octanol–water partition coefficient (Wildman–Crippen LogP) is 0.557. The molecular weight excluding hydrogens is 324 g/mol. The molecule has 2 aromatic heterocycles. The molecule has 3 heterocycles. The molecular formula is C17H20N4O4. The number of aromatic nitrogens is 1. The molecule has 1 fully saturated rings. The Hall–Kier alpha value is -2.87. The number of hydrogen-bond acceptors (Lipinski definition) is 6. The quantitative estimate of drug-likeness (QED) is 0.795. The van der Waals surface area contributed by atoms with Gasteiger partial charge in [-0.2, -0.15) is 0 Å². The van der Waals surface area contributed by atoms with Gasteiger partial charge in [0.2, 0.25) is 5.91 Å². The summed E-state index contributed by atoms with van der Waals surface area (Å²) in [6.07, 6.45) is 3.19. The first-order chi connectivity index (χ1) is 12.2. The predicted molar refractivity (Wildman–Crippen MR) is 90.2 cm³/mol. The smallest absolute Gasteiger partial charge is 0.255 e. The van der Waals surface area contributed by atoms with Gasteiger partial charge >= 0.3 is 0 Å². The molecule has 0 radical (unpaired) electrons. The molecule has 2 aromatic rings. The molecule has 0 spiro atoms. The van der Waals surface area contributed by atoms with Gasteiger partial charge in [0.15, 0.2) is 0 Å². The van der Waals surface area contributed by atoms with Gasteiger partial charge in [-0.1, -0.05) is 0 Å². The van der Waals surface area contributed by atoms with Crippen LogP contribution in [0.3, 0.4) is 0 Å². The Labute approximate surface area is 145 Å². The van der Waals surface area contributed by atoms with E-state index in [0.717, 1.165) is 0 Å². The van der Waals surface area contributed by atoms with Gasteiger partial charge in [0, 0.05) is 19.3 Å². The summed E-state index contributed by atoms with van der Waals surface area (Å²) in [4.78, 5) is 30.6. The van der Waals surface area contributed by atoms with Crippen LogP contribution in [0.15, 0.2) is 41.1 Å². The number of rotatable bonds is 6. The highest BCUT2D eigenvalue weighted by molar-refractivity contribution is 6.00. The Morgan fingerprint density at radius 1 is 1.16 bits per heavy atom. The topological polar surface area (TPSA) is 96.7 Å². The van der Waals surface area contributed by atoms with Crippen molar-refractivity contribution in [3.8, 4) is 0 Å². The zero-order valence-electron chi connectivity index (χ0n) is 13.7. The van der Waals surface area contributed by atoms with Crippen molar-refractivity contribution < 1.29 is 18.7 Å². The zero-order valence-corrected chi connectivity index (χ0v) is 13.7. The maximum atomic E-state index is 12.4. The van der Waals surface area contributed by atoms with E-state index in [-0.39, 0.29) is 24.9 Å². The van der Waals surface area contributed by atoms with Gasteiger partial charge in [0.05, 0.1) is 38.1 Å². The molecule has 0 aliphatic carbocycles. The van der Waals surface area contributed by atoms with Crippen LogP contribution in [0.25, 0.3) is 0 Å². The Morgan fingerprint density at radius 3 is 2.76 bits per heavy atom. The number of anilines is 1. The third-order valence-electron chi connectivity index (χ3n) is 3.79. The van der Waals surface area contributed by atoms with E-state index in [9.17, 15) is 9.59 Å². The molecule has 0 saturated carbocycles. The third-order valence-corrected chi connectivity index (χ3v) is 3.79. The van der Waals surface area contributed by atoms with E-state index in [1.807, 2.05) is 4.90 Å². The first-order valence-electron chi connectivity index (χ1n) is 8.09. The molecule has 1 saturated heterocycles. The number of ether oxygens (including phenoxy) is 1. The number of carbonyl (C=O) groups excluding carboxylic acids is 2. The standard InChI is InChI=1S/C17H20N4O4/c22-15(19-11-13-3-2-8-25-13)12-20-17(23)14-4-1-5-18-16(14)21-6-9-24-10-7-21/h1-5,8H,6-7,9-12H2,(H,19,22)(H,20,23). The van der Waals surface area contributed by atoms with Gasteiger partial charge in [0.25, 0.3) is 5.91 Å². The third kappa shape index (κ3) is 4.57. The Balaban J connectivity index is 1.55. The first-order valence-corrected chi connectivity index (χ1v) is 8.09.